The van der Waals surface area contributed by atoms with E-state index in [-0.39, 0.29) is 24.0 Å². The summed E-state index contributed by atoms with van der Waals surface area (Å²) in [4.78, 5) is 29.2. The Balaban J connectivity index is 1.69. The first-order valence-electron chi connectivity index (χ1n) is 7.93. The zero-order valence-corrected chi connectivity index (χ0v) is 13.2. The van der Waals surface area contributed by atoms with E-state index in [1.807, 2.05) is 0 Å². The van der Waals surface area contributed by atoms with Gasteiger partial charge in [-0.25, -0.2) is 4.98 Å². The van der Waals surface area contributed by atoms with Crippen molar-refractivity contribution in [3.63, 3.8) is 0 Å². The van der Waals surface area contributed by atoms with Crippen molar-refractivity contribution < 1.29 is 32.6 Å². The van der Waals surface area contributed by atoms with Crippen molar-refractivity contribution in [2.45, 2.75) is 19.0 Å². The summed E-state index contributed by atoms with van der Waals surface area (Å²) >= 11 is 0. The normalized spacial score (nSPS) is 23.6. The number of carbonyl (C=O) groups is 2. The fraction of sp³-hybridized carbons (Fsp3) is 0.562. The number of aromatic nitrogens is 1. The van der Waals surface area contributed by atoms with Crippen LogP contribution in [0.3, 0.4) is 0 Å². The van der Waals surface area contributed by atoms with E-state index >= 15 is 0 Å². The minimum Gasteiger partial charge on any atom is -0.481 e. The van der Waals surface area contributed by atoms with Crippen molar-refractivity contribution >= 4 is 11.9 Å². The van der Waals surface area contributed by atoms with Gasteiger partial charge in [0.25, 0.3) is 5.91 Å². The predicted octanol–water partition coefficient (Wildman–Crippen LogP) is 2.21. The molecule has 2 aliphatic rings. The number of hydrogen-bond acceptors (Lipinski definition) is 4. The highest BCUT2D eigenvalue weighted by Crippen LogP contribution is 2.44. The Morgan fingerprint density at radius 2 is 2.00 bits per heavy atom. The predicted molar refractivity (Wildman–Crippen MR) is 79.0 cm³/mol. The van der Waals surface area contributed by atoms with Crippen LogP contribution in [-0.4, -0.2) is 52.7 Å². The maximum Gasteiger partial charge on any atom is 0.422 e. The van der Waals surface area contributed by atoms with E-state index in [0.717, 1.165) is 12.8 Å². The maximum atomic E-state index is 12.5. The molecule has 0 aromatic carbocycles. The van der Waals surface area contributed by atoms with Crippen LogP contribution in [-0.2, 0) is 4.79 Å². The number of nitrogens with zero attached hydrogens (tertiary/aromatic N) is 2. The Morgan fingerprint density at radius 1 is 1.28 bits per heavy atom. The second-order valence-corrected chi connectivity index (χ2v) is 6.42. The van der Waals surface area contributed by atoms with Gasteiger partial charge >= 0.3 is 12.1 Å². The number of amides is 1. The Labute approximate surface area is 141 Å². The molecule has 1 aliphatic carbocycles. The molecule has 6 nitrogen and oxygen atoms in total. The van der Waals surface area contributed by atoms with E-state index in [1.54, 1.807) is 0 Å². The molecule has 0 spiro atoms. The number of rotatable bonds is 5. The van der Waals surface area contributed by atoms with Crippen LogP contribution in [0.4, 0.5) is 13.2 Å². The Hall–Kier alpha value is -2.32. The van der Waals surface area contributed by atoms with E-state index in [2.05, 4.69) is 9.72 Å². The van der Waals surface area contributed by atoms with Crippen LogP contribution in [0.2, 0.25) is 0 Å². The number of halogens is 3. The first-order valence-corrected chi connectivity index (χ1v) is 7.93. The minimum absolute atomic E-state index is 0.0553. The zero-order valence-electron chi connectivity index (χ0n) is 13.2. The Bertz CT molecular complexity index is 676. The van der Waals surface area contributed by atoms with Gasteiger partial charge in [0, 0.05) is 19.2 Å². The summed E-state index contributed by atoms with van der Waals surface area (Å²) in [5, 5.41) is 9.34. The number of carbonyl (C=O) groups excluding carboxylic acids is 1. The molecule has 1 N–H and O–H groups in total. The molecule has 25 heavy (non-hydrogen) atoms. The van der Waals surface area contributed by atoms with Gasteiger partial charge in [-0.05, 0) is 30.7 Å². The van der Waals surface area contributed by atoms with E-state index in [0.29, 0.717) is 12.5 Å². The lowest BCUT2D eigenvalue weighted by Crippen LogP contribution is -2.30. The van der Waals surface area contributed by atoms with Crippen molar-refractivity contribution in [2.24, 2.45) is 17.8 Å². The van der Waals surface area contributed by atoms with Crippen LogP contribution in [0.15, 0.2) is 18.2 Å². The molecule has 2 heterocycles. The number of carboxylic acids is 1. The number of alkyl halides is 3. The second-order valence-electron chi connectivity index (χ2n) is 6.42. The molecule has 136 valence electrons. The molecule has 1 aliphatic heterocycles. The van der Waals surface area contributed by atoms with Gasteiger partial charge in [0.1, 0.15) is 5.69 Å². The molecule has 1 aromatic rings. The third-order valence-corrected chi connectivity index (χ3v) is 4.52. The lowest BCUT2D eigenvalue weighted by Gasteiger charge is -2.16. The summed E-state index contributed by atoms with van der Waals surface area (Å²) in [6, 6.07) is 4.00. The number of ether oxygens (including phenoxy) is 1. The Kier molecular flexibility index (Phi) is 4.57. The lowest BCUT2D eigenvalue weighted by molar-refractivity contribution is -0.154. The lowest BCUT2D eigenvalue weighted by atomic mass is 9.92. The van der Waals surface area contributed by atoms with Crippen molar-refractivity contribution in [1.29, 1.82) is 0 Å². The fourth-order valence-electron chi connectivity index (χ4n) is 3.19. The number of carboxylic acid groups (broad SMARTS) is 1. The molecule has 1 saturated carbocycles. The van der Waals surface area contributed by atoms with Gasteiger partial charge in [-0.15, -0.1) is 0 Å². The van der Waals surface area contributed by atoms with E-state index < -0.39 is 30.6 Å². The first-order chi connectivity index (χ1) is 11.7. The minimum atomic E-state index is -4.50. The largest absolute Gasteiger partial charge is 0.481 e. The van der Waals surface area contributed by atoms with Gasteiger partial charge in [0.05, 0.1) is 5.92 Å². The number of likely N-dealkylation sites (tertiary alicyclic amines) is 1. The van der Waals surface area contributed by atoms with Crippen LogP contribution in [0, 0.1) is 17.8 Å². The molecule has 0 unspecified atom stereocenters. The topological polar surface area (TPSA) is 79.7 Å². The summed E-state index contributed by atoms with van der Waals surface area (Å²) in [5.74, 6) is -2.08. The Morgan fingerprint density at radius 3 is 2.60 bits per heavy atom. The van der Waals surface area contributed by atoms with E-state index in [9.17, 15) is 27.9 Å². The molecule has 0 bridgehead atoms. The molecular formula is C16H17F3N2O4. The summed E-state index contributed by atoms with van der Waals surface area (Å²) < 4.78 is 41.2. The highest BCUT2D eigenvalue weighted by molar-refractivity contribution is 5.93. The average molecular weight is 358 g/mol. The smallest absolute Gasteiger partial charge is 0.422 e. The summed E-state index contributed by atoms with van der Waals surface area (Å²) in [6.07, 6.45) is -2.56. The van der Waals surface area contributed by atoms with E-state index in [1.165, 1.54) is 23.1 Å². The molecule has 0 radical (unpaired) electrons. The highest BCUT2D eigenvalue weighted by atomic mass is 19.4. The van der Waals surface area contributed by atoms with Crippen LogP contribution >= 0.6 is 0 Å². The van der Waals surface area contributed by atoms with Gasteiger partial charge in [-0.2, -0.15) is 13.2 Å². The molecule has 2 atom stereocenters. The summed E-state index contributed by atoms with van der Waals surface area (Å²) in [5.41, 5.74) is -0.0553. The van der Waals surface area contributed by atoms with Gasteiger partial charge in [0.2, 0.25) is 5.88 Å². The summed E-state index contributed by atoms with van der Waals surface area (Å²) in [7, 11) is 0. The third kappa shape index (κ3) is 4.21. The fourth-order valence-corrected chi connectivity index (χ4v) is 3.19. The highest BCUT2D eigenvalue weighted by Gasteiger charge is 2.47. The van der Waals surface area contributed by atoms with Crippen LogP contribution in [0.5, 0.6) is 5.88 Å². The van der Waals surface area contributed by atoms with Crippen LogP contribution in [0.1, 0.15) is 23.3 Å². The molecule has 1 aromatic heterocycles. The molecule has 2 fully saturated rings. The molecule has 1 amide bonds. The monoisotopic (exact) mass is 358 g/mol. The number of aliphatic carboxylic acids is 1. The molecule has 1 saturated heterocycles. The van der Waals surface area contributed by atoms with Crippen molar-refractivity contribution in [3.8, 4) is 5.88 Å². The number of hydrogen-bond donors (Lipinski definition) is 1. The van der Waals surface area contributed by atoms with Gasteiger partial charge in [0.15, 0.2) is 6.61 Å². The standard InChI is InChI=1S/C16H17F3N2O4/c17-16(18,19)8-25-13-3-1-2-12(20-13)14(22)21-6-10(9-4-5-9)11(7-21)15(23)24/h1-3,9-11H,4-8H2,(H,23,24)/t10-,11+/m1/s1. The van der Waals surface area contributed by atoms with Crippen molar-refractivity contribution in [3.05, 3.63) is 23.9 Å². The maximum absolute atomic E-state index is 12.5. The van der Waals surface area contributed by atoms with Crippen LogP contribution < -0.4 is 4.74 Å². The van der Waals surface area contributed by atoms with E-state index in [4.69, 9.17) is 0 Å². The quantitative estimate of drug-likeness (QED) is 0.873. The zero-order chi connectivity index (χ0) is 18.2. The molecule has 9 heteroatoms. The second kappa shape index (κ2) is 6.53. The number of pyridine rings is 1. The van der Waals surface area contributed by atoms with Crippen molar-refractivity contribution in [1.82, 2.24) is 9.88 Å². The average Bonchev–Trinajstić information content (AvgIpc) is 3.30. The van der Waals surface area contributed by atoms with Crippen LogP contribution in [0.25, 0.3) is 0 Å². The SMILES string of the molecule is O=C(O)[C@H]1CN(C(=O)c2cccc(OCC(F)(F)F)n2)C[C@@H]1C1CC1. The molecule has 3 rings (SSSR count). The third-order valence-electron chi connectivity index (χ3n) is 4.52. The van der Waals surface area contributed by atoms with Gasteiger partial charge in [-0.1, -0.05) is 6.07 Å². The van der Waals surface area contributed by atoms with Gasteiger partial charge < -0.3 is 14.7 Å². The summed E-state index contributed by atoms with van der Waals surface area (Å²) in [6.45, 7) is -1.08. The van der Waals surface area contributed by atoms with Gasteiger partial charge in [-0.3, -0.25) is 9.59 Å². The van der Waals surface area contributed by atoms with Crippen molar-refractivity contribution in [2.75, 3.05) is 19.7 Å². The first kappa shape index (κ1) is 17.5. The molecular weight excluding hydrogens is 341 g/mol.